The fourth-order valence-electron chi connectivity index (χ4n) is 2.38. The second-order valence-corrected chi connectivity index (χ2v) is 5.68. The Hall–Kier alpha value is -3.48. The quantitative estimate of drug-likeness (QED) is 0.371. The number of aryl methyl sites for hydroxylation is 2. The SMILES string of the molecule is Cc1cc(C)cc(NC(=O)COC(=O)/C=C/c2ccccc2[N+](=O)[O-])c1. The molecule has 1 N–H and O–H groups in total. The predicted molar refractivity (Wildman–Crippen MR) is 97.6 cm³/mol. The number of nitrogens with one attached hydrogen (secondary N) is 1. The lowest BCUT2D eigenvalue weighted by atomic mass is 10.1. The zero-order chi connectivity index (χ0) is 19.1. The molecule has 0 spiro atoms. The van der Waals surface area contributed by atoms with Crippen molar-refractivity contribution >= 4 is 29.3 Å². The molecule has 0 heterocycles. The van der Waals surface area contributed by atoms with E-state index in [4.69, 9.17) is 4.74 Å². The van der Waals surface area contributed by atoms with E-state index < -0.39 is 23.4 Å². The number of hydrogen-bond donors (Lipinski definition) is 1. The summed E-state index contributed by atoms with van der Waals surface area (Å²) in [5.41, 5.74) is 2.78. The first-order valence-electron chi connectivity index (χ1n) is 7.81. The molecule has 1 amide bonds. The number of nitro groups is 1. The van der Waals surface area contributed by atoms with Crippen LogP contribution >= 0.6 is 0 Å². The van der Waals surface area contributed by atoms with Gasteiger partial charge in [-0.15, -0.1) is 0 Å². The largest absolute Gasteiger partial charge is 0.452 e. The summed E-state index contributed by atoms with van der Waals surface area (Å²) >= 11 is 0. The molecule has 0 saturated carbocycles. The van der Waals surface area contributed by atoms with Crippen molar-refractivity contribution in [1.82, 2.24) is 0 Å². The molecular weight excluding hydrogens is 336 g/mol. The van der Waals surface area contributed by atoms with E-state index in [2.05, 4.69) is 5.32 Å². The molecule has 0 fully saturated rings. The zero-order valence-electron chi connectivity index (χ0n) is 14.4. The Morgan fingerprint density at radius 3 is 2.46 bits per heavy atom. The second kappa shape index (κ2) is 8.57. The van der Waals surface area contributed by atoms with Crippen LogP contribution in [0.1, 0.15) is 16.7 Å². The molecule has 0 aliphatic rings. The van der Waals surface area contributed by atoms with Gasteiger partial charge >= 0.3 is 5.97 Å². The smallest absolute Gasteiger partial charge is 0.331 e. The third kappa shape index (κ3) is 5.55. The van der Waals surface area contributed by atoms with Crippen molar-refractivity contribution in [2.45, 2.75) is 13.8 Å². The van der Waals surface area contributed by atoms with E-state index in [-0.39, 0.29) is 11.3 Å². The molecule has 26 heavy (non-hydrogen) atoms. The molecule has 7 nitrogen and oxygen atoms in total. The maximum Gasteiger partial charge on any atom is 0.331 e. The molecule has 0 atom stereocenters. The highest BCUT2D eigenvalue weighted by Gasteiger charge is 2.11. The number of carbonyl (C=O) groups is 2. The van der Waals surface area contributed by atoms with Crippen molar-refractivity contribution in [2.24, 2.45) is 0 Å². The second-order valence-electron chi connectivity index (χ2n) is 5.68. The average Bonchev–Trinajstić information content (AvgIpc) is 2.57. The molecule has 2 aromatic rings. The molecule has 134 valence electrons. The van der Waals surface area contributed by atoms with Crippen molar-refractivity contribution in [3.05, 3.63) is 75.3 Å². The topological polar surface area (TPSA) is 98.5 Å². The first-order valence-corrected chi connectivity index (χ1v) is 7.81. The van der Waals surface area contributed by atoms with Gasteiger partial charge in [-0.1, -0.05) is 18.2 Å². The van der Waals surface area contributed by atoms with E-state index in [1.807, 2.05) is 19.9 Å². The molecule has 0 aromatic heterocycles. The minimum Gasteiger partial charge on any atom is -0.452 e. The van der Waals surface area contributed by atoms with Crippen LogP contribution in [-0.2, 0) is 14.3 Å². The molecule has 2 aromatic carbocycles. The summed E-state index contributed by atoms with van der Waals surface area (Å²) < 4.78 is 4.85. The van der Waals surface area contributed by atoms with Crippen LogP contribution < -0.4 is 5.32 Å². The summed E-state index contributed by atoms with van der Waals surface area (Å²) in [6.45, 7) is 3.37. The van der Waals surface area contributed by atoms with Crippen LogP contribution in [0.25, 0.3) is 6.08 Å². The van der Waals surface area contributed by atoms with Gasteiger partial charge in [0.15, 0.2) is 6.61 Å². The maximum absolute atomic E-state index is 11.9. The molecule has 0 radical (unpaired) electrons. The van der Waals surface area contributed by atoms with Crippen molar-refractivity contribution in [3.63, 3.8) is 0 Å². The van der Waals surface area contributed by atoms with Crippen LogP contribution in [0, 0.1) is 24.0 Å². The fraction of sp³-hybridized carbons (Fsp3) is 0.158. The van der Waals surface area contributed by atoms with Crippen LogP contribution in [0.2, 0.25) is 0 Å². The molecule has 0 saturated heterocycles. The van der Waals surface area contributed by atoms with Gasteiger partial charge in [-0.05, 0) is 49.2 Å². The van der Waals surface area contributed by atoms with Crippen LogP contribution in [-0.4, -0.2) is 23.4 Å². The highest BCUT2D eigenvalue weighted by molar-refractivity contribution is 5.94. The number of para-hydroxylation sites is 1. The van der Waals surface area contributed by atoms with Crippen LogP contribution in [0.3, 0.4) is 0 Å². The third-order valence-corrected chi connectivity index (χ3v) is 3.38. The van der Waals surface area contributed by atoms with E-state index >= 15 is 0 Å². The summed E-state index contributed by atoms with van der Waals surface area (Å²) in [5.74, 6) is -1.24. The summed E-state index contributed by atoms with van der Waals surface area (Å²) in [6, 6.07) is 11.6. The number of ether oxygens (including phenoxy) is 1. The summed E-state index contributed by atoms with van der Waals surface area (Å²) in [4.78, 5) is 33.9. The average molecular weight is 354 g/mol. The number of benzene rings is 2. The third-order valence-electron chi connectivity index (χ3n) is 3.38. The van der Waals surface area contributed by atoms with E-state index in [9.17, 15) is 19.7 Å². The predicted octanol–water partition coefficient (Wildman–Crippen LogP) is 3.41. The van der Waals surface area contributed by atoms with Gasteiger partial charge in [0.2, 0.25) is 0 Å². The highest BCUT2D eigenvalue weighted by Crippen LogP contribution is 2.19. The lowest BCUT2D eigenvalue weighted by Crippen LogP contribution is -2.20. The van der Waals surface area contributed by atoms with Crippen LogP contribution in [0.15, 0.2) is 48.5 Å². The molecule has 0 unspecified atom stereocenters. The van der Waals surface area contributed by atoms with Crippen molar-refractivity contribution < 1.29 is 19.2 Å². The Labute approximate surface area is 150 Å². The highest BCUT2D eigenvalue weighted by atomic mass is 16.6. The minimum absolute atomic E-state index is 0.121. The summed E-state index contributed by atoms with van der Waals surface area (Å²) in [5, 5.41) is 13.6. The van der Waals surface area contributed by atoms with E-state index in [1.54, 1.807) is 18.2 Å². The van der Waals surface area contributed by atoms with Crippen molar-refractivity contribution in [2.75, 3.05) is 11.9 Å². The van der Waals surface area contributed by atoms with E-state index in [0.29, 0.717) is 5.69 Å². The number of hydrogen-bond acceptors (Lipinski definition) is 5. The van der Waals surface area contributed by atoms with Crippen molar-refractivity contribution in [1.29, 1.82) is 0 Å². The van der Waals surface area contributed by atoms with E-state index in [0.717, 1.165) is 17.2 Å². The molecular formula is C19H18N2O5. The Morgan fingerprint density at radius 2 is 1.81 bits per heavy atom. The van der Waals surface area contributed by atoms with Gasteiger partial charge in [0.1, 0.15) is 0 Å². The lowest BCUT2D eigenvalue weighted by Gasteiger charge is -2.07. The van der Waals surface area contributed by atoms with Crippen molar-refractivity contribution in [3.8, 4) is 0 Å². The summed E-state index contributed by atoms with van der Waals surface area (Å²) in [7, 11) is 0. The number of amides is 1. The molecule has 0 aliphatic heterocycles. The fourth-order valence-corrected chi connectivity index (χ4v) is 2.38. The zero-order valence-corrected chi connectivity index (χ0v) is 14.4. The van der Waals surface area contributed by atoms with Gasteiger partial charge in [0.05, 0.1) is 10.5 Å². The first-order chi connectivity index (χ1) is 12.3. The minimum atomic E-state index is -0.765. The molecule has 0 bridgehead atoms. The normalized spacial score (nSPS) is 10.5. The number of anilines is 1. The lowest BCUT2D eigenvalue weighted by molar-refractivity contribution is -0.385. The number of rotatable bonds is 6. The maximum atomic E-state index is 11.9. The number of nitrogens with zero attached hydrogens (tertiary/aromatic N) is 1. The number of esters is 1. The van der Waals surface area contributed by atoms with Gasteiger partial charge in [0.25, 0.3) is 11.6 Å². The Kier molecular flexibility index (Phi) is 6.21. The monoisotopic (exact) mass is 354 g/mol. The Bertz CT molecular complexity index is 854. The molecule has 0 aliphatic carbocycles. The molecule has 7 heteroatoms. The van der Waals surface area contributed by atoms with Gasteiger partial charge in [0, 0.05) is 17.8 Å². The van der Waals surface area contributed by atoms with Gasteiger partial charge in [-0.3, -0.25) is 14.9 Å². The van der Waals surface area contributed by atoms with E-state index in [1.165, 1.54) is 24.3 Å². The Morgan fingerprint density at radius 1 is 1.15 bits per heavy atom. The van der Waals surface area contributed by atoms with Crippen LogP contribution in [0.5, 0.6) is 0 Å². The Balaban J connectivity index is 1.90. The summed E-state index contributed by atoms with van der Waals surface area (Å²) in [6.07, 6.45) is 2.33. The van der Waals surface area contributed by atoms with Gasteiger partial charge < -0.3 is 10.1 Å². The number of carbonyl (C=O) groups excluding carboxylic acids is 2. The standard InChI is InChI=1S/C19H18N2O5/c1-13-9-14(2)11-16(10-13)20-18(22)12-26-19(23)8-7-15-5-3-4-6-17(15)21(24)25/h3-11H,12H2,1-2H3,(H,20,22)/b8-7+. The molecule has 2 rings (SSSR count). The van der Waals surface area contributed by atoms with Crippen LogP contribution in [0.4, 0.5) is 11.4 Å². The van der Waals surface area contributed by atoms with Gasteiger partial charge in [-0.25, -0.2) is 4.79 Å². The number of nitro benzene ring substituents is 1. The van der Waals surface area contributed by atoms with Gasteiger partial charge in [-0.2, -0.15) is 0 Å². The first kappa shape index (κ1) is 18.9.